The molecule has 3 atom stereocenters. The van der Waals surface area contributed by atoms with Crippen molar-refractivity contribution in [1.82, 2.24) is 4.98 Å². The number of Topliss-reactive ketones (excluding diaryl/α,β-unsaturated/α-hetero) is 1. The van der Waals surface area contributed by atoms with Crippen LogP contribution in [-0.2, 0) is 19.1 Å². The van der Waals surface area contributed by atoms with Crippen LogP contribution < -0.4 is 14.2 Å². The summed E-state index contributed by atoms with van der Waals surface area (Å²) in [5.74, 6) is -4.29. The van der Waals surface area contributed by atoms with Crippen molar-refractivity contribution in [2.75, 3.05) is 13.9 Å². The van der Waals surface area contributed by atoms with Gasteiger partial charge in [-0.2, -0.15) is 0 Å². The van der Waals surface area contributed by atoms with E-state index < -0.39 is 54.3 Å². The smallest absolute Gasteiger partial charge is 0.309 e. The van der Waals surface area contributed by atoms with Gasteiger partial charge in [0.2, 0.25) is 6.79 Å². The molecule has 9 nitrogen and oxygen atoms in total. The molecule has 11 heteroatoms. The molecule has 2 rings (SSSR count). The maximum atomic E-state index is 14.3. The number of ether oxygens (including phenoxy) is 5. The van der Waals surface area contributed by atoms with Gasteiger partial charge in [0.25, 0.3) is 0 Å². The number of esters is 2. The first-order chi connectivity index (χ1) is 18.5. The lowest BCUT2D eigenvalue weighted by Crippen LogP contribution is -2.40. The fourth-order valence-corrected chi connectivity index (χ4v) is 3.97. The minimum atomic E-state index is -0.887. The van der Waals surface area contributed by atoms with Gasteiger partial charge in [-0.3, -0.25) is 14.4 Å². The Morgan fingerprint density at radius 2 is 1.72 bits per heavy atom. The normalized spacial score (nSPS) is 13.3. The van der Waals surface area contributed by atoms with Crippen LogP contribution in [0.25, 0.3) is 0 Å². The summed E-state index contributed by atoms with van der Waals surface area (Å²) in [7, 11) is 1.37. The van der Waals surface area contributed by atoms with Crippen molar-refractivity contribution < 1.29 is 46.8 Å². The predicted molar refractivity (Wildman–Crippen MR) is 137 cm³/mol. The number of pyridine rings is 1. The van der Waals surface area contributed by atoms with Gasteiger partial charge in [-0.25, -0.2) is 13.8 Å². The summed E-state index contributed by atoms with van der Waals surface area (Å²) in [6, 6.07) is 4.37. The van der Waals surface area contributed by atoms with Gasteiger partial charge in [0.05, 0.1) is 13.0 Å². The van der Waals surface area contributed by atoms with E-state index in [4.69, 9.17) is 23.7 Å². The Labute approximate surface area is 226 Å². The molecule has 0 amide bonds. The predicted octanol–water partition coefficient (Wildman–Crippen LogP) is 5.29. The summed E-state index contributed by atoms with van der Waals surface area (Å²) in [6.45, 7) is 7.71. The number of nitrogens with zero attached hydrogens (tertiary/aromatic N) is 1. The van der Waals surface area contributed by atoms with E-state index in [1.165, 1.54) is 33.2 Å². The lowest BCUT2D eigenvalue weighted by molar-refractivity contribution is -0.159. The summed E-state index contributed by atoms with van der Waals surface area (Å²) >= 11 is 0. The summed E-state index contributed by atoms with van der Waals surface area (Å²) in [5, 5.41) is 0. The highest BCUT2D eigenvalue weighted by atomic mass is 19.1. The molecule has 0 spiro atoms. The first-order valence-electron chi connectivity index (χ1n) is 12.7. The summed E-state index contributed by atoms with van der Waals surface area (Å²) in [5.41, 5.74) is -0.103. The molecule has 1 aromatic carbocycles. The molecule has 0 aliphatic heterocycles. The second-order valence-corrected chi connectivity index (χ2v) is 8.99. The molecule has 0 N–H and O–H groups in total. The molecule has 1 heterocycles. The number of carbonyl (C=O) groups excluding carboxylic acids is 3. The standard InChI is InChI=1S/C28H35F2NO8/c1-7-19(8-2)26(39-24-14-20(29)9-10-21(24)30)17(4)38-28(34)16(3)13-22(33)25-27(37-15-36-18(5)32)23(35-6)11-12-31-25/h9-12,14,16-17,19,26H,7-8,13,15H2,1-6H3/t16-,17+,26+/m1/s1. The number of hydrogen-bond acceptors (Lipinski definition) is 9. The van der Waals surface area contributed by atoms with E-state index in [1.54, 1.807) is 6.92 Å². The Morgan fingerprint density at radius 3 is 2.33 bits per heavy atom. The molecular weight excluding hydrogens is 516 g/mol. The van der Waals surface area contributed by atoms with Crippen molar-refractivity contribution in [2.45, 2.75) is 66.1 Å². The zero-order chi connectivity index (χ0) is 29.1. The average molecular weight is 552 g/mol. The molecule has 0 bridgehead atoms. The molecule has 0 aliphatic carbocycles. The highest BCUT2D eigenvalue weighted by molar-refractivity contribution is 5.99. The summed E-state index contributed by atoms with van der Waals surface area (Å²) < 4.78 is 54.9. The van der Waals surface area contributed by atoms with Crippen LogP contribution in [0.15, 0.2) is 30.5 Å². The van der Waals surface area contributed by atoms with Crippen molar-refractivity contribution in [3.05, 3.63) is 47.8 Å². The number of carbonyl (C=O) groups is 3. The molecule has 0 radical (unpaired) electrons. The van der Waals surface area contributed by atoms with Crippen LogP contribution in [0.5, 0.6) is 17.2 Å². The maximum absolute atomic E-state index is 14.3. The van der Waals surface area contributed by atoms with Crippen molar-refractivity contribution in [2.24, 2.45) is 11.8 Å². The zero-order valence-corrected chi connectivity index (χ0v) is 23.0. The lowest BCUT2D eigenvalue weighted by atomic mass is 9.92. The number of ketones is 1. The van der Waals surface area contributed by atoms with E-state index in [9.17, 15) is 23.2 Å². The molecule has 0 saturated heterocycles. The molecule has 0 unspecified atom stereocenters. The van der Waals surface area contributed by atoms with E-state index in [2.05, 4.69) is 4.98 Å². The fourth-order valence-electron chi connectivity index (χ4n) is 3.97. The maximum Gasteiger partial charge on any atom is 0.309 e. The summed E-state index contributed by atoms with van der Waals surface area (Å²) in [6.07, 6.45) is 0.769. The topological polar surface area (TPSA) is 110 Å². The van der Waals surface area contributed by atoms with Gasteiger partial charge in [0.1, 0.15) is 18.0 Å². The molecule has 0 fully saturated rings. The Balaban J connectivity index is 2.15. The van der Waals surface area contributed by atoms with E-state index >= 15 is 0 Å². The van der Waals surface area contributed by atoms with Crippen molar-refractivity contribution in [3.8, 4) is 17.2 Å². The van der Waals surface area contributed by atoms with Gasteiger partial charge in [-0.05, 0) is 37.8 Å². The highest BCUT2D eigenvalue weighted by Gasteiger charge is 2.32. The monoisotopic (exact) mass is 551 g/mol. The third-order valence-electron chi connectivity index (χ3n) is 6.15. The minimum Gasteiger partial charge on any atom is -0.493 e. The fraction of sp³-hybridized carbons (Fsp3) is 0.500. The molecule has 0 aliphatic rings. The third-order valence-corrected chi connectivity index (χ3v) is 6.15. The third kappa shape index (κ3) is 8.90. The van der Waals surface area contributed by atoms with E-state index in [0.717, 1.165) is 18.2 Å². The molecule has 1 aromatic heterocycles. The van der Waals surface area contributed by atoms with Crippen LogP contribution in [0.3, 0.4) is 0 Å². The van der Waals surface area contributed by atoms with E-state index in [1.807, 2.05) is 13.8 Å². The molecule has 0 saturated carbocycles. The largest absolute Gasteiger partial charge is 0.493 e. The lowest BCUT2D eigenvalue weighted by Gasteiger charge is -2.31. The molecule has 39 heavy (non-hydrogen) atoms. The quantitative estimate of drug-likeness (QED) is 0.166. The average Bonchev–Trinajstić information content (AvgIpc) is 2.90. The molecule has 214 valence electrons. The van der Waals surface area contributed by atoms with Crippen LogP contribution in [0.1, 0.15) is 64.4 Å². The second kappa shape index (κ2) is 15.0. The number of aromatic nitrogens is 1. The first kappa shape index (κ1) is 31.5. The number of rotatable bonds is 15. The SMILES string of the molecule is CCC(CC)[C@@H](Oc1cc(F)ccc1F)[C@H](C)OC(=O)[C@H](C)CC(=O)c1nccc(OC)c1OCOC(C)=O. The van der Waals surface area contributed by atoms with Gasteiger partial charge in [-0.15, -0.1) is 0 Å². The van der Waals surface area contributed by atoms with Gasteiger partial charge < -0.3 is 23.7 Å². The van der Waals surface area contributed by atoms with E-state index in [-0.39, 0.29) is 35.3 Å². The van der Waals surface area contributed by atoms with Crippen LogP contribution >= 0.6 is 0 Å². The second-order valence-electron chi connectivity index (χ2n) is 8.99. The van der Waals surface area contributed by atoms with Crippen molar-refractivity contribution in [1.29, 1.82) is 0 Å². The number of methoxy groups -OCH3 is 1. The Kier molecular flexibility index (Phi) is 12.1. The van der Waals surface area contributed by atoms with Gasteiger partial charge in [0.15, 0.2) is 34.5 Å². The number of hydrogen-bond donors (Lipinski definition) is 0. The van der Waals surface area contributed by atoms with Gasteiger partial charge in [0, 0.05) is 31.7 Å². The van der Waals surface area contributed by atoms with Crippen molar-refractivity contribution >= 4 is 17.7 Å². The Morgan fingerprint density at radius 1 is 1.03 bits per heavy atom. The van der Waals surface area contributed by atoms with Crippen molar-refractivity contribution in [3.63, 3.8) is 0 Å². The molecule has 2 aromatic rings. The number of benzene rings is 1. The molecular formula is C28H35F2NO8. The van der Waals surface area contributed by atoms with Crippen LogP contribution in [0, 0.1) is 23.5 Å². The number of halogens is 2. The first-order valence-corrected chi connectivity index (χ1v) is 12.7. The summed E-state index contributed by atoms with van der Waals surface area (Å²) in [4.78, 5) is 41.1. The van der Waals surface area contributed by atoms with Crippen LogP contribution in [0.4, 0.5) is 8.78 Å². The van der Waals surface area contributed by atoms with Gasteiger partial charge in [-0.1, -0.05) is 20.8 Å². The van der Waals surface area contributed by atoms with Gasteiger partial charge >= 0.3 is 11.9 Å². The van der Waals surface area contributed by atoms with Crippen LogP contribution in [-0.4, -0.2) is 48.8 Å². The van der Waals surface area contributed by atoms with E-state index in [0.29, 0.717) is 12.8 Å². The highest BCUT2D eigenvalue weighted by Crippen LogP contribution is 2.31. The Hall–Kier alpha value is -3.76. The zero-order valence-electron chi connectivity index (χ0n) is 23.0. The van der Waals surface area contributed by atoms with Crippen LogP contribution in [0.2, 0.25) is 0 Å². The Bertz CT molecular complexity index is 1140. The minimum absolute atomic E-state index is 0.0282.